The molecule has 0 fully saturated rings. The number of rotatable bonds is 5. The van der Waals surface area contributed by atoms with E-state index >= 15 is 0 Å². The van der Waals surface area contributed by atoms with Crippen molar-refractivity contribution in [1.82, 2.24) is 14.8 Å². The van der Waals surface area contributed by atoms with E-state index in [-0.39, 0.29) is 12.3 Å². The van der Waals surface area contributed by atoms with Gasteiger partial charge in [0.2, 0.25) is 0 Å². The molecule has 1 aromatic carbocycles. The van der Waals surface area contributed by atoms with Crippen LogP contribution in [-0.2, 0) is 23.7 Å². The highest BCUT2D eigenvalue weighted by Gasteiger charge is 2.24. The third-order valence-corrected chi connectivity index (χ3v) is 3.70. The minimum atomic E-state index is -1.13. The molecule has 0 amide bonds. The molecule has 23 heavy (non-hydrogen) atoms. The maximum atomic E-state index is 12.1. The molecule has 2 N–H and O–H groups in total. The van der Waals surface area contributed by atoms with E-state index in [2.05, 4.69) is 10.2 Å². The van der Waals surface area contributed by atoms with Crippen LogP contribution in [0.3, 0.4) is 0 Å². The van der Waals surface area contributed by atoms with Crippen molar-refractivity contribution in [3.05, 3.63) is 64.2 Å². The first-order valence-electron chi connectivity index (χ1n) is 7.38. The van der Waals surface area contributed by atoms with Crippen LogP contribution < -0.4 is 5.56 Å². The van der Waals surface area contributed by atoms with E-state index < -0.39 is 5.60 Å². The maximum absolute atomic E-state index is 12.1. The van der Waals surface area contributed by atoms with E-state index in [1.807, 2.05) is 30.3 Å². The van der Waals surface area contributed by atoms with E-state index in [9.17, 15) is 9.90 Å². The van der Waals surface area contributed by atoms with Gasteiger partial charge < -0.3 is 14.4 Å². The largest absolute Gasteiger partial charge is 0.386 e. The lowest BCUT2D eigenvalue weighted by molar-refractivity contribution is 0.0637. The first-order valence-corrected chi connectivity index (χ1v) is 7.38. The Morgan fingerprint density at radius 1 is 1.30 bits per heavy atom. The van der Waals surface area contributed by atoms with Crippen molar-refractivity contribution in [2.24, 2.45) is 0 Å². The first-order chi connectivity index (χ1) is 11.0. The molecule has 0 saturated heterocycles. The van der Waals surface area contributed by atoms with Crippen LogP contribution in [0.5, 0.6) is 0 Å². The van der Waals surface area contributed by atoms with E-state index in [0.29, 0.717) is 23.1 Å². The van der Waals surface area contributed by atoms with Crippen LogP contribution in [0.15, 0.2) is 47.5 Å². The standard InChI is InChI=1S/C17H19N3O3/c1-17(2,22)13-9-20(14-8-18-19-16(21)15(13)14)11-23-10-12-6-4-3-5-7-12/h3-9,22H,10-11H2,1-2H3,(H,19,21). The van der Waals surface area contributed by atoms with Gasteiger partial charge in [0.1, 0.15) is 6.73 Å². The van der Waals surface area contributed by atoms with Crippen molar-refractivity contribution in [2.45, 2.75) is 32.8 Å². The summed E-state index contributed by atoms with van der Waals surface area (Å²) in [7, 11) is 0. The minimum Gasteiger partial charge on any atom is -0.386 e. The lowest BCUT2D eigenvalue weighted by Gasteiger charge is -2.15. The molecule has 0 atom stereocenters. The van der Waals surface area contributed by atoms with Crippen molar-refractivity contribution < 1.29 is 9.84 Å². The Bertz CT molecular complexity index is 860. The minimum absolute atomic E-state index is 0.270. The highest BCUT2D eigenvalue weighted by atomic mass is 16.5. The third-order valence-electron chi connectivity index (χ3n) is 3.70. The maximum Gasteiger partial charge on any atom is 0.273 e. The van der Waals surface area contributed by atoms with Gasteiger partial charge in [-0.15, -0.1) is 0 Å². The van der Waals surface area contributed by atoms with Crippen LogP contribution in [0.2, 0.25) is 0 Å². The molecule has 3 aromatic rings. The number of hydrogen-bond acceptors (Lipinski definition) is 4. The Balaban J connectivity index is 1.89. The zero-order valence-corrected chi connectivity index (χ0v) is 13.1. The second kappa shape index (κ2) is 5.98. The predicted octanol–water partition coefficient (Wildman–Crippen LogP) is 2.13. The summed E-state index contributed by atoms with van der Waals surface area (Å²) in [6.07, 6.45) is 3.31. The van der Waals surface area contributed by atoms with Gasteiger partial charge in [-0.25, -0.2) is 5.10 Å². The molecule has 0 aliphatic heterocycles. The number of H-pyrrole nitrogens is 1. The van der Waals surface area contributed by atoms with Crippen molar-refractivity contribution in [3.63, 3.8) is 0 Å². The zero-order valence-electron chi connectivity index (χ0n) is 13.1. The van der Waals surface area contributed by atoms with Crippen LogP contribution in [0.25, 0.3) is 10.9 Å². The number of aromatic amines is 1. The summed E-state index contributed by atoms with van der Waals surface area (Å²) in [5.74, 6) is 0. The summed E-state index contributed by atoms with van der Waals surface area (Å²) in [6.45, 7) is 4.04. The van der Waals surface area contributed by atoms with Crippen molar-refractivity contribution in [2.75, 3.05) is 0 Å². The van der Waals surface area contributed by atoms with Crippen molar-refractivity contribution >= 4 is 10.9 Å². The summed E-state index contributed by atoms with van der Waals surface area (Å²) in [6, 6.07) is 9.85. The highest BCUT2D eigenvalue weighted by Crippen LogP contribution is 2.27. The van der Waals surface area contributed by atoms with E-state index in [0.717, 1.165) is 5.56 Å². The van der Waals surface area contributed by atoms with Crippen molar-refractivity contribution in [3.8, 4) is 0 Å². The monoisotopic (exact) mass is 313 g/mol. The molecule has 0 aliphatic carbocycles. The summed E-state index contributed by atoms with van der Waals surface area (Å²) < 4.78 is 7.51. The van der Waals surface area contributed by atoms with E-state index in [1.54, 1.807) is 30.8 Å². The summed E-state index contributed by atoms with van der Waals surface area (Å²) >= 11 is 0. The van der Waals surface area contributed by atoms with Gasteiger partial charge in [0.05, 0.1) is 29.3 Å². The van der Waals surface area contributed by atoms with Crippen LogP contribution in [0, 0.1) is 0 Å². The van der Waals surface area contributed by atoms with Gasteiger partial charge in [0, 0.05) is 11.8 Å². The molecule has 3 rings (SSSR count). The quantitative estimate of drug-likeness (QED) is 0.756. The zero-order chi connectivity index (χ0) is 16.4. The summed E-state index contributed by atoms with van der Waals surface area (Å²) in [5.41, 5.74) is 0.819. The molecular weight excluding hydrogens is 294 g/mol. The Labute approximate surface area is 133 Å². The smallest absolute Gasteiger partial charge is 0.273 e. The lowest BCUT2D eigenvalue weighted by Crippen LogP contribution is -2.18. The molecule has 2 aromatic heterocycles. The molecule has 6 heteroatoms. The molecule has 120 valence electrons. The van der Waals surface area contributed by atoms with Crippen LogP contribution in [0.1, 0.15) is 25.0 Å². The second-order valence-corrected chi connectivity index (χ2v) is 5.99. The molecule has 0 saturated carbocycles. The SMILES string of the molecule is CC(C)(O)c1cn(COCc2ccccc2)c2cn[nH]c(=O)c12. The second-order valence-electron chi connectivity index (χ2n) is 5.99. The van der Waals surface area contributed by atoms with Gasteiger partial charge in [-0.2, -0.15) is 5.10 Å². The predicted molar refractivity (Wildman–Crippen MR) is 86.8 cm³/mol. The third kappa shape index (κ3) is 3.18. The fraction of sp³-hybridized carbons (Fsp3) is 0.294. The number of nitrogens with one attached hydrogen (secondary N) is 1. The fourth-order valence-corrected chi connectivity index (χ4v) is 2.56. The number of hydrogen-bond donors (Lipinski definition) is 2. The van der Waals surface area contributed by atoms with Gasteiger partial charge in [-0.1, -0.05) is 30.3 Å². The van der Waals surface area contributed by atoms with E-state index in [1.165, 1.54) is 0 Å². The molecule has 0 aliphatic rings. The first kappa shape index (κ1) is 15.5. The Morgan fingerprint density at radius 2 is 2.04 bits per heavy atom. The topological polar surface area (TPSA) is 80.1 Å². The number of benzene rings is 1. The number of fused-ring (bicyclic) bond motifs is 1. The lowest BCUT2D eigenvalue weighted by atomic mass is 9.99. The normalized spacial score (nSPS) is 12.0. The summed E-state index contributed by atoms with van der Waals surface area (Å²) in [4.78, 5) is 12.1. The van der Waals surface area contributed by atoms with Gasteiger partial charge in [0.15, 0.2) is 0 Å². The number of aromatic nitrogens is 3. The average molecular weight is 313 g/mol. The molecule has 0 radical (unpaired) electrons. The van der Waals surface area contributed by atoms with Gasteiger partial charge in [-0.05, 0) is 19.4 Å². The highest BCUT2D eigenvalue weighted by molar-refractivity contribution is 5.83. The van der Waals surface area contributed by atoms with Gasteiger partial charge >= 0.3 is 0 Å². The summed E-state index contributed by atoms with van der Waals surface area (Å²) in [5, 5.41) is 17.0. The number of aliphatic hydroxyl groups is 1. The number of nitrogens with zero attached hydrogens (tertiary/aromatic N) is 2. The fourth-order valence-electron chi connectivity index (χ4n) is 2.56. The molecule has 0 spiro atoms. The Hall–Kier alpha value is -2.44. The van der Waals surface area contributed by atoms with Crippen LogP contribution in [-0.4, -0.2) is 19.9 Å². The Morgan fingerprint density at radius 3 is 2.74 bits per heavy atom. The Kier molecular flexibility index (Phi) is 4.02. The average Bonchev–Trinajstić information content (AvgIpc) is 2.89. The van der Waals surface area contributed by atoms with Gasteiger partial charge in [-0.3, -0.25) is 4.79 Å². The van der Waals surface area contributed by atoms with Crippen molar-refractivity contribution in [1.29, 1.82) is 0 Å². The van der Waals surface area contributed by atoms with Gasteiger partial charge in [0.25, 0.3) is 5.56 Å². The number of ether oxygens (including phenoxy) is 1. The van der Waals surface area contributed by atoms with E-state index in [4.69, 9.17) is 4.74 Å². The molecule has 6 nitrogen and oxygen atoms in total. The molecule has 0 bridgehead atoms. The van der Waals surface area contributed by atoms with Crippen LogP contribution >= 0.6 is 0 Å². The van der Waals surface area contributed by atoms with Crippen LogP contribution in [0.4, 0.5) is 0 Å². The molecule has 2 heterocycles. The molecule has 0 unspecified atom stereocenters. The molecular formula is C17H19N3O3.